The van der Waals surface area contributed by atoms with Gasteiger partial charge < -0.3 is 4.55 Å². The van der Waals surface area contributed by atoms with Gasteiger partial charge >= 0.3 is 29.6 Å². The van der Waals surface area contributed by atoms with E-state index in [0.717, 1.165) is 36.4 Å². The molecule has 1 N–H and O–H groups in total. The average Bonchev–Trinajstić information content (AvgIpc) is 2.49. The van der Waals surface area contributed by atoms with Gasteiger partial charge in [0.1, 0.15) is 10.1 Å². The van der Waals surface area contributed by atoms with Gasteiger partial charge in [0.25, 0.3) is 10.1 Å². The topological polar surface area (TPSA) is 146 Å². The first-order valence-electron chi connectivity index (χ1n) is 6.31. The molecule has 0 heterocycles. The monoisotopic (exact) mass is 390 g/mol. The Morgan fingerprint density at radius 3 is 1.52 bits per heavy atom. The van der Waals surface area contributed by atoms with E-state index >= 15 is 0 Å². The van der Waals surface area contributed by atoms with Crippen molar-refractivity contribution in [3.8, 4) is 0 Å². The zero-order valence-electron chi connectivity index (χ0n) is 12.6. The van der Waals surface area contributed by atoms with Crippen LogP contribution in [0, 0.1) is 0 Å². The number of hydrogen-bond donors (Lipinski definition) is 1. The first kappa shape index (κ1) is 19.9. The fraction of sp³-hybridized carbons (Fsp3) is 0. The molecule has 3 rings (SSSR count). The number of hydrogen-bond acceptors (Lipinski definition) is 7. The second-order valence-electron chi connectivity index (χ2n) is 5.00. The van der Waals surface area contributed by atoms with Crippen LogP contribution >= 0.6 is 0 Å². The third kappa shape index (κ3) is 3.47. The Morgan fingerprint density at radius 1 is 0.720 bits per heavy atom. The minimum atomic E-state index is -4.81. The molecule has 0 saturated heterocycles. The predicted octanol–water partition coefficient (Wildman–Crippen LogP) is -2.38. The van der Waals surface area contributed by atoms with Crippen LogP contribution in [0.3, 0.4) is 0 Å². The number of ketones is 2. The summed E-state index contributed by atoms with van der Waals surface area (Å²) < 4.78 is 64.6. The van der Waals surface area contributed by atoms with Gasteiger partial charge in [0, 0.05) is 22.3 Å². The van der Waals surface area contributed by atoms with Gasteiger partial charge in [0.05, 0.1) is 9.79 Å². The summed E-state index contributed by atoms with van der Waals surface area (Å²) in [6, 6.07) is 5.58. The molecule has 124 valence electrons. The molecule has 2 aromatic rings. The van der Waals surface area contributed by atoms with Crippen LogP contribution in [-0.4, -0.2) is 37.5 Å². The van der Waals surface area contributed by atoms with E-state index in [0.29, 0.717) is 0 Å². The number of carbonyl (C=O) groups excluding carboxylic acids is 2. The first-order valence-corrected chi connectivity index (χ1v) is 9.16. The van der Waals surface area contributed by atoms with Crippen molar-refractivity contribution in [3.05, 3.63) is 58.7 Å². The molecule has 25 heavy (non-hydrogen) atoms. The minimum absolute atomic E-state index is 0. The Morgan fingerprint density at radius 2 is 1.12 bits per heavy atom. The van der Waals surface area contributed by atoms with E-state index in [4.69, 9.17) is 4.55 Å². The van der Waals surface area contributed by atoms with E-state index < -0.39 is 41.6 Å². The van der Waals surface area contributed by atoms with E-state index in [-0.39, 0.29) is 51.8 Å². The molecule has 0 unspecified atom stereocenters. The molecular formula is C14H7NaO8S2. The maximum absolute atomic E-state index is 12.4. The van der Waals surface area contributed by atoms with Crippen LogP contribution in [0.2, 0.25) is 0 Å². The van der Waals surface area contributed by atoms with E-state index in [1.807, 2.05) is 0 Å². The molecule has 0 fully saturated rings. The van der Waals surface area contributed by atoms with E-state index in [2.05, 4.69) is 0 Å². The van der Waals surface area contributed by atoms with Crippen LogP contribution in [0.5, 0.6) is 0 Å². The summed E-state index contributed by atoms with van der Waals surface area (Å²) in [6.07, 6.45) is 0. The summed E-state index contributed by atoms with van der Waals surface area (Å²) in [5.74, 6) is -1.45. The van der Waals surface area contributed by atoms with Gasteiger partial charge in [-0.3, -0.25) is 14.1 Å². The number of carbonyl (C=O) groups is 2. The number of fused-ring (bicyclic) bond motifs is 2. The molecule has 0 aromatic heterocycles. The molecule has 0 atom stereocenters. The first-order chi connectivity index (χ1) is 11.0. The van der Waals surface area contributed by atoms with Crippen LogP contribution in [0.1, 0.15) is 31.8 Å². The van der Waals surface area contributed by atoms with Gasteiger partial charge in [-0.25, -0.2) is 8.42 Å². The number of benzene rings is 2. The van der Waals surface area contributed by atoms with Gasteiger partial charge in [-0.15, -0.1) is 0 Å². The molecule has 8 nitrogen and oxygen atoms in total. The summed E-state index contributed by atoms with van der Waals surface area (Å²) in [5, 5.41) is 0. The van der Waals surface area contributed by atoms with Gasteiger partial charge in [-0.05, 0) is 36.4 Å². The largest absolute Gasteiger partial charge is 1.00 e. The van der Waals surface area contributed by atoms with Crippen LogP contribution < -0.4 is 29.6 Å². The SMILES string of the molecule is O=C1c2ccc(S(=O)(=O)O)cc2C(=O)c2ccc(S(=O)(=O)[O-])cc21.[Na+]. The van der Waals surface area contributed by atoms with Gasteiger partial charge in [-0.2, -0.15) is 8.42 Å². The Kier molecular flexibility index (Phi) is 5.10. The molecule has 11 heteroatoms. The normalized spacial score (nSPS) is 13.7. The summed E-state index contributed by atoms with van der Waals surface area (Å²) in [6.45, 7) is 0. The third-order valence-corrected chi connectivity index (χ3v) is 5.23. The summed E-state index contributed by atoms with van der Waals surface area (Å²) in [5.41, 5.74) is -0.808. The Balaban J connectivity index is 0.00000225. The minimum Gasteiger partial charge on any atom is -0.744 e. The molecule has 1 aliphatic carbocycles. The van der Waals surface area contributed by atoms with Gasteiger partial charge in [-0.1, -0.05) is 0 Å². The van der Waals surface area contributed by atoms with Crippen LogP contribution in [-0.2, 0) is 20.2 Å². The summed E-state index contributed by atoms with van der Waals surface area (Å²) in [7, 11) is -9.37. The van der Waals surface area contributed by atoms with E-state index in [1.54, 1.807) is 0 Å². The second kappa shape index (κ2) is 6.40. The van der Waals surface area contributed by atoms with E-state index in [9.17, 15) is 31.0 Å². The van der Waals surface area contributed by atoms with Crippen LogP contribution in [0.25, 0.3) is 0 Å². The fourth-order valence-corrected chi connectivity index (χ4v) is 3.43. The van der Waals surface area contributed by atoms with Crippen molar-refractivity contribution in [2.45, 2.75) is 9.79 Å². The van der Waals surface area contributed by atoms with Crippen molar-refractivity contribution in [3.63, 3.8) is 0 Å². The molecular weight excluding hydrogens is 383 g/mol. The standard InChI is InChI=1S/C14H8O8S2.Na/c15-13-9-3-1-7(23(17,18)19)5-11(9)14(16)10-4-2-8(6-12(10)13)24(20,21)22;/h1-6H,(H,17,18,19)(H,20,21,22);/q;+1/p-1. The van der Waals surface area contributed by atoms with Crippen molar-refractivity contribution in [1.29, 1.82) is 0 Å². The average molecular weight is 390 g/mol. The maximum atomic E-state index is 12.4. The molecule has 0 spiro atoms. The Bertz CT molecular complexity index is 1040. The molecule has 0 bridgehead atoms. The molecule has 1 aliphatic rings. The quantitative estimate of drug-likeness (QED) is 0.377. The molecule has 0 radical (unpaired) electrons. The number of rotatable bonds is 2. The van der Waals surface area contributed by atoms with E-state index in [1.165, 1.54) is 0 Å². The third-order valence-electron chi connectivity index (χ3n) is 3.55. The summed E-state index contributed by atoms with van der Waals surface area (Å²) in [4.78, 5) is 23.7. The van der Waals surface area contributed by atoms with Crippen LogP contribution in [0.4, 0.5) is 0 Å². The Labute approximate surface area is 164 Å². The molecule has 2 aromatic carbocycles. The zero-order chi connectivity index (χ0) is 17.9. The molecule has 0 amide bonds. The smallest absolute Gasteiger partial charge is 0.744 e. The van der Waals surface area contributed by atoms with Gasteiger partial charge in [0.15, 0.2) is 11.6 Å². The predicted molar refractivity (Wildman–Crippen MR) is 77.5 cm³/mol. The van der Waals surface area contributed by atoms with Crippen molar-refractivity contribution < 1.29 is 65.1 Å². The van der Waals surface area contributed by atoms with Gasteiger partial charge in [0.2, 0.25) is 0 Å². The molecule has 0 saturated carbocycles. The van der Waals surface area contributed by atoms with Crippen molar-refractivity contribution in [2.24, 2.45) is 0 Å². The van der Waals surface area contributed by atoms with Crippen molar-refractivity contribution >= 4 is 31.8 Å². The van der Waals surface area contributed by atoms with Crippen molar-refractivity contribution in [2.75, 3.05) is 0 Å². The second-order valence-corrected chi connectivity index (χ2v) is 7.80. The zero-order valence-corrected chi connectivity index (χ0v) is 16.2. The Hall–Kier alpha value is -1.40. The fourth-order valence-electron chi connectivity index (χ4n) is 2.42. The summed E-state index contributed by atoms with van der Waals surface area (Å²) >= 11 is 0. The molecule has 0 aliphatic heterocycles. The van der Waals surface area contributed by atoms with Crippen molar-refractivity contribution in [1.82, 2.24) is 0 Å². The van der Waals surface area contributed by atoms with Crippen LogP contribution in [0.15, 0.2) is 46.2 Å². The maximum Gasteiger partial charge on any atom is 1.00 e.